The van der Waals surface area contributed by atoms with E-state index in [1.165, 1.54) is 0 Å². The normalized spacial score (nSPS) is 10.6. The second-order valence-corrected chi connectivity index (χ2v) is 5.98. The van der Waals surface area contributed by atoms with E-state index in [0.29, 0.717) is 5.02 Å². The fourth-order valence-corrected chi connectivity index (χ4v) is 2.61. The van der Waals surface area contributed by atoms with E-state index in [-0.39, 0.29) is 0 Å². The molecule has 0 aliphatic heterocycles. The maximum Gasteiger partial charge on any atom is 0.212 e. The van der Waals surface area contributed by atoms with Crippen LogP contribution in [0.15, 0.2) is 59.2 Å². The van der Waals surface area contributed by atoms with Gasteiger partial charge in [0.05, 0.1) is 16.4 Å². The highest BCUT2D eigenvalue weighted by Gasteiger charge is 2.09. The maximum absolute atomic E-state index is 6.23. The van der Waals surface area contributed by atoms with Crippen LogP contribution in [0.4, 0.5) is 11.6 Å². The molecule has 5 heteroatoms. The van der Waals surface area contributed by atoms with Crippen LogP contribution >= 0.6 is 27.5 Å². The Kier molecular flexibility index (Phi) is 3.99. The molecule has 0 fully saturated rings. The lowest BCUT2D eigenvalue weighted by molar-refractivity contribution is 1.06. The SMILES string of the molecule is Cc1cn(-c2ccccc2)c(Nc2cc(Br)ccc2Cl)n1. The number of nitrogens with one attached hydrogen (secondary N) is 1. The molecule has 1 aromatic heterocycles. The number of imidazole rings is 1. The van der Waals surface area contributed by atoms with Crippen molar-refractivity contribution in [3.8, 4) is 5.69 Å². The molecule has 106 valence electrons. The maximum atomic E-state index is 6.23. The topological polar surface area (TPSA) is 29.9 Å². The molecule has 3 nitrogen and oxygen atoms in total. The van der Waals surface area contributed by atoms with E-state index in [1.807, 2.05) is 66.2 Å². The monoisotopic (exact) mass is 361 g/mol. The number of rotatable bonds is 3. The van der Waals surface area contributed by atoms with Gasteiger partial charge in [0.25, 0.3) is 0 Å². The van der Waals surface area contributed by atoms with E-state index >= 15 is 0 Å². The Balaban J connectivity index is 2.02. The Bertz CT molecular complexity index is 768. The van der Waals surface area contributed by atoms with Crippen LogP contribution in [0.3, 0.4) is 0 Å². The van der Waals surface area contributed by atoms with E-state index in [4.69, 9.17) is 11.6 Å². The molecule has 0 saturated heterocycles. The van der Waals surface area contributed by atoms with Crippen LogP contribution in [0.2, 0.25) is 5.02 Å². The second-order valence-electron chi connectivity index (χ2n) is 4.66. The van der Waals surface area contributed by atoms with E-state index in [1.54, 1.807) is 0 Å². The fraction of sp³-hybridized carbons (Fsp3) is 0.0625. The zero-order chi connectivity index (χ0) is 14.8. The lowest BCUT2D eigenvalue weighted by Gasteiger charge is -2.11. The summed E-state index contributed by atoms with van der Waals surface area (Å²) in [5.74, 6) is 0.735. The van der Waals surface area contributed by atoms with Crippen LogP contribution in [0.1, 0.15) is 5.69 Å². The van der Waals surface area contributed by atoms with Gasteiger partial charge in [0.2, 0.25) is 5.95 Å². The predicted octanol–water partition coefficient (Wildman–Crippen LogP) is 5.34. The minimum Gasteiger partial charge on any atom is -0.324 e. The molecule has 0 aliphatic rings. The standard InChI is InChI=1S/C16H13BrClN3/c1-11-10-21(13-5-3-2-4-6-13)16(19-11)20-15-9-12(17)7-8-14(15)18/h2-10H,1H3,(H,19,20). The minimum atomic E-state index is 0.651. The summed E-state index contributed by atoms with van der Waals surface area (Å²) >= 11 is 9.68. The Hall–Kier alpha value is -1.78. The molecule has 0 amide bonds. The molecular weight excluding hydrogens is 350 g/mol. The molecule has 0 bridgehead atoms. The first kappa shape index (κ1) is 14.2. The van der Waals surface area contributed by atoms with Crippen molar-refractivity contribution in [2.75, 3.05) is 5.32 Å². The van der Waals surface area contributed by atoms with Crippen molar-refractivity contribution in [3.63, 3.8) is 0 Å². The summed E-state index contributed by atoms with van der Waals surface area (Å²) in [7, 11) is 0. The smallest absolute Gasteiger partial charge is 0.212 e. The third kappa shape index (κ3) is 3.12. The summed E-state index contributed by atoms with van der Waals surface area (Å²) in [4.78, 5) is 4.53. The Labute approximate surface area is 136 Å². The largest absolute Gasteiger partial charge is 0.324 e. The quantitative estimate of drug-likeness (QED) is 0.681. The van der Waals surface area contributed by atoms with E-state index in [0.717, 1.165) is 27.5 Å². The zero-order valence-corrected chi connectivity index (χ0v) is 13.7. The van der Waals surface area contributed by atoms with Gasteiger partial charge in [-0.25, -0.2) is 4.98 Å². The molecule has 0 radical (unpaired) electrons. The highest BCUT2D eigenvalue weighted by atomic mass is 79.9. The summed E-state index contributed by atoms with van der Waals surface area (Å²) in [6.07, 6.45) is 1.99. The molecule has 2 aromatic carbocycles. The van der Waals surface area contributed by atoms with Gasteiger partial charge in [0.15, 0.2) is 0 Å². The van der Waals surface area contributed by atoms with Crippen molar-refractivity contribution in [2.24, 2.45) is 0 Å². The number of hydrogen-bond acceptors (Lipinski definition) is 2. The molecule has 0 atom stereocenters. The number of halogens is 2. The van der Waals surface area contributed by atoms with Gasteiger partial charge < -0.3 is 5.32 Å². The Morgan fingerprint density at radius 3 is 2.67 bits per heavy atom. The van der Waals surface area contributed by atoms with Crippen LogP contribution in [0.25, 0.3) is 5.69 Å². The molecule has 0 aliphatic carbocycles. The average Bonchev–Trinajstić information content (AvgIpc) is 2.85. The third-order valence-electron chi connectivity index (χ3n) is 3.04. The van der Waals surface area contributed by atoms with Crippen LogP contribution in [0, 0.1) is 6.92 Å². The van der Waals surface area contributed by atoms with Gasteiger partial charge in [0.1, 0.15) is 0 Å². The molecule has 21 heavy (non-hydrogen) atoms. The number of anilines is 2. The molecule has 0 saturated carbocycles. The van der Waals surface area contributed by atoms with Gasteiger partial charge in [-0.1, -0.05) is 45.7 Å². The summed E-state index contributed by atoms with van der Waals surface area (Å²) in [6, 6.07) is 15.7. The first-order chi connectivity index (χ1) is 10.1. The lowest BCUT2D eigenvalue weighted by Crippen LogP contribution is -2.01. The summed E-state index contributed by atoms with van der Waals surface area (Å²) in [5.41, 5.74) is 2.80. The van der Waals surface area contributed by atoms with Crippen LogP contribution < -0.4 is 5.32 Å². The Morgan fingerprint density at radius 1 is 1.14 bits per heavy atom. The van der Waals surface area contributed by atoms with Crippen molar-refractivity contribution < 1.29 is 0 Å². The van der Waals surface area contributed by atoms with E-state index in [2.05, 4.69) is 26.2 Å². The molecular formula is C16H13BrClN3. The molecule has 3 aromatic rings. The predicted molar refractivity (Wildman–Crippen MR) is 90.7 cm³/mol. The van der Waals surface area contributed by atoms with E-state index in [9.17, 15) is 0 Å². The van der Waals surface area contributed by atoms with E-state index < -0.39 is 0 Å². The first-order valence-electron chi connectivity index (χ1n) is 6.47. The van der Waals surface area contributed by atoms with Crippen molar-refractivity contribution in [3.05, 3.63) is 69.9 Å². The van der Waals surface area contributed by atoms with Crippen LogP contribution in [-0.4, -0.2) is 9.55 Å². The second kappa shape index (κ2) is 5.92. The number of aryl methyl sites for hydroxylation is 1. The number of aromatic nitrogens is 2. The Morgan fingerprint density at radius 2 is 1.90 bits per heavy atom. The van der Waals surface area contributed by atoms with Gasteiger partial charge in [0, 0.05) is 16.4 Å². The van der Waals surface area contributed by atoms with Gasteiger partial charge in [-0.2, -0.15) is 0 Å². The van der Waals surface area contributed by atoms with Gasteiger partial charge in [-0.3, -0.25) is 4.57 Å². The van der Waals surface area contributed by atoms with Gasteiger partial charge >= 0.3 is 0 Å². The summed E-state index contributed by atoms with van der Waals surface area (Å²) in [6.45, 7) is 1.97. The number of para-hydroxylation sites is 1. The molecule has 1 heterocycles. The summed E-state index contributed by atoms with van der Waals surface area (Å²) < 4.78 is 2.97. The van der Waals surface area contributed by atoms with Gasteiger partial charge in [-0.05, 0) is 37.3 Å². The lowest BCUT2D eigenvalue weighted by atomic mass is 10.3. The first-order valence-corrected chi connectivity index (χ1v) is 7.64. The molecule has 3 rings (SSSR count). The molecule has 0 spiro atoms. The third-order valence-corrected chi connectivity index (χ3v) is 3.86. The van der Waals surface area contributed by atoms with Crippen LogP contribution in [0.5, 0.6) is 0 Å². The molecule has 1 N–H and O–H groups in total. The van der Waals surface area contributed by atoms with Crippen molar-refractivity contribution in [1.29, 1.82) is 0 Å². The van der Waals surface area contributed by atoms with Crippen molar-refractivity contribution >= 4 is 39.2 Å². The number of nitrogens with zero attached hydrogens (tertiary/aromatic N) is 2. The summed E-state index contributed by atoms with van der Waals surface area (Å²) in [5, 5.41) is 3.94. The highest BCUT2D eigenvalue weighted by molar-refractivity contribution is 9.10. The highest BCUT2D eigenvalue weighted by Crippen LogP contribution is 2.29. The minimum absolute atomic E-state index is 0.651. The van der Waals surface area contributed by atoms with Crippen LogP contribution in [-0.2, 0) is 0 Å². The number of hydrogen-bond donors (Lipinski definition) is 1. The molecule has 0 unspecified atom stereocenters. The van der Waals surface area contributed by atoms with Crippen molar-refractivity contribution in [1.82, 2.24) is 9.55 Å². The van der Waals surface area contributed by atoms with Crippen molar-refractivity contribution in [2.45, 2.75) is 6.92 Å². The number of benzene rings is 2. The fourth-order valence-electron chi connectivity index (χ4n) is 2.09. The average molecular weight is 363 g/mol. The zero-order valence-electron chi connectivity index (χ0n) is 11.3. The van der Waals surface area contributed by atoms with Gasteiger partial charge in [-0.15, -0.1) is 0 Å².